The summed E-state index contributed by atoms with van der Waals surface area (Å²) in [6, 6.07) is 5.52. The minimum absolute atomic E-state index is 0.601. The van der Waals surface area contributed by atoms with Gasteiger partial charge < -0.3 is 4.90 Å². The number of aromatic amines is 1. The molecule has 1 saturated heterocycles. The van der Waals surface area contributed by atoms with Gasteiger partial charge in [-0.15, -0.1) is 0 Å². The maximum atomic E-state index is 12.8. The average Bonchev–Trinajstić information content (AvgIpc) is 3.02. The van der Waals surface area contributed by atoms with Crippen molar-refractivity contribution in [1.82, 2.24) is 20.1 Å². The molecule has 2 heterocycles. The van der Waals surface area contributed by atoms with Gasteiger partial charge in [0.2, 0.25) is 0 Å². The Morgan fingerprint density at radius 3 is 2.54 bits per heavy atom. The Labute approximate surface area is 138 Å². The Bertz CT molecular complexity index is 674. The second-order valence-electron chi connectivity index (χ2n) is 5.86. The summed E-state index contributed by atoms with van der Waals surface area (Å²) in [5.41, 5.74) is 0.0218. The van der Waals surface area contributed by atoms with Gasteiger partial charge in [-0.05, 0) is 18.2 Å². The van der Waals surface area contributed by atoms with Crippen molar-refractivity contribution in [3.05, 3.63) is 41.5 Å². The van der Waals surface area contributed by atoms with Crippen molar-refractivity contribution < 1.29 is 13.2 Å². The quantitative estimate of drug-likeness (QED) is 0.930. The molecule has 0 atom stereocenters. The molecule has 5 nitrogen and oxygen atoms in total. The first-order chi connectivity index (χ1) is 11.5. The highest BCUT2D eigenvalue weighted by Crippen LogP contribution is 2.31. The number of aromatic nitrogens is 3. The Kier molecular flexibility index (Phi) is 4.75. The Morgan fingerprint density at radius 2 is 1.92 bits per heavy atom. The predicted octanol–water partition coefficient (Wildman–Crippen LogP) is 2.71. The molecule has 8 heteroatoms. The number of rotatable bonds is 4. The van der Waals surface area contributed by atoms with Crippen LogP contribution in [0.2, 0.25) is 0 Å². The van der Waals surface area contributed by atoms with Crippen molar-refractivity contribution in [1.29, 1.82) is 0 Å². The zero-order valence-electron chi connectivity index (χ0n) is 13.5. The number of nitrogens with one attached hydrogen (secondary N) is 1. The second kappa shape index (κ2) is 6.80. The van der Waals surface area contributed by atoms with Gasteiger partial charge in [-0.2, -0.15) is 18.3 Å². The monoisotopic (exact) mass is 339 g/mol. The van der Waals surface area contributed by atoms with E-state index in [9.17, 15) is 13.2 Å². The summed E-state index contributed by atoms with van der Waals surface area (Å²) in [7, 11) is 0. The van der Waals surface area contributed by atoms with Crippen LogP contribution in [0.5, 0.6) is 0 Å². The molecular weight excluding hydrogens is 319 g/mol. The minimum Gasteiger partial charge on any atom is -0.369 e. The van der Waals surface area contributed by atoms with Crippen LogP contribution in [0.15, 0.2) is 24.3 Å². The average molecular weight is 339 g/mol. The van der Waals surface area contributed by atoms with Gasteiger partial charge in [0.05, 0.1) is 12.1 Å². The summed E-state index contributed by atoms with van der Waals surface area (Å²) >= 11 is 0. The van der Waals surface area contributed by atoms with Crippen LogP contribution < -0.4 is 4.90 Å². The molecule has 1 aromatic carbocycles. The van der Waals surface area contributed by atoms with Crippen LogP contribution in [0.4, 0.5) is 18.9 Å². The Balaban J connectivity index is 1.59. The molecule has 0 radical (unpaired) electrons. The number of alkyl halides is 3. The number of benzene rings is 1. The highest BCUT2D eigenvalue weighted by Gasteiger charge is 2.31. The Hall–Kier alpha value is -2.09. The maximum Gasteiger partial charge on any atom is 0.416 e. The van der Waals surface area contributed by atoms with Crippen molar-refractivity contribution in [2.75, 3.05) is 31.1 Å². The maximum absolute atomic E-state index is 12.8. The van der Waals surface area contributed by atoms with Gasteiger partial charge in [-0.1, -0.05) is 13.0 Å². The number of anilines is 1. The fourth-order valence-corrected chi connectivity index (χ4v) is 2.82. The van der Waals surface area contributed by atoms with Crippen LogP contribution in [0.1, 0.15) is 24.1 Å². The molecule has 0 amide bonds. The van der Waals surface area contributed by atoms with E-state index in [4.69, 9.17) is 0 Å². The van der Waals surface area contributed by atoms with Gasteiger partial charge in [-0.25, -0.2) is 4.98 Å². The first-order valence-electron chi connectivity index (χ1n) is 8.00. The molecular formula is C16H20F3N5. The summed E-state index contributed by atoms with van der Waals surface area (Å²) in [6.07, 6.45) is -3.51. The van der Waals surface area contributed by atoms with Crippen LogP contribution in [0, 0.1) is 0 Å². The largest absolute Gasteiger partial charge is 0.416 e. The highest BCUT2D eigenvalue weighted by molar-refractivity contribution is 5.49. The fraction of sp³-hybridized carbons (Fsp3) is 0.500. The summed E-state index contributed by atoms with van der Waals surface area (Å²) in [6.45, 7) is 5.62. The molecule has 3 rings (SSSR count). The number of H-pyrrole nitrogens is 1. The summed E-state index contributed by atoms with van der Waals surface area (Å²) in [5.74, 6) is 1.63. The van der Waals surface area contributed by atoms with Gasteiger partial charge >= 0.3 is 6.18 Å². The van der Waals surface area contributed by atoms with Crippen LogP contribution in [0.25, 0.3) is 0 Å². The molecule has 0 bridgehead atoms. The third-order valence-electron chi connectivity index (χ3n) is 4.18. The van der Waals surface area contributed by atoms with Gasteiger partial charge in [0.15, 0.2) is 0 Å². The standard InChI is InChI=1S/C16H20F3N5/c1-2-14-20-15(22-21-14)11-23-6-8-24(9-7-23)13-5-3-4-12(10-13)16(17,18)19/h3-5,10H,2,6-9,11H2,1H3,(H,20,21,22). The lowest BCUT2D eigenvalue weighted by Crippen LogP contribution is -2.46. The summed E-state index contributed by atoms with van der Waals surface area (Å²) in [5, 5.41) is 7.05. The normalized spacial score (nSPS) is 16.6. The lowest BCUT2D eigenvalue weighted by atomic mass is 10.1. The molecule has 0 saturated carbocycles. The minimum atomic E-state index is -4.30. The number of halogens is 3. The van der Waals surface area contributed by atoms with Crippen LogP contribution in [0.3, 0.4) is 0 Å². The van der Waals surface area contributed by atoms with Gasteiger partial charge in [0.25, 0.3) is 0 Å². The predicted molar refractivity (Wildman–Crippen MR) is 84.7 cm³/mol. The zero-order chi connectivity index (χ0) is 17.2. The first-order valence-corrected chi connectivity index (χ1v) is 8.00. The first kappa shape index (κ1) is 16.8. The van der Waals surface area contributed by atoms with E-state index in [0.717, 1.165) is 37.2 Å². The summed E-state index contributed by atoms with van der Waals surface area (Å²) < 4.78 is 38.5. The van der Waals surface area contributed by atoms with Gasteiger partial charge in [0, 0.05) is 38.3 Å². The molecule has 0 unspecified atom stereocenters. The van der Waals surface area contributed by atoms with Crippen LogP contribution in [-0.2, 0) is 19.1 Å². The molecule has 1 aromatic heterocycles. The number of hydrogen-bond donors (Lipinski definition) is 1. The fourth-order valence-electron chi connectivity index (χ4n) is 2.82. The molecule has 0 aliphatic carbocycles. The van der Waals surface area contributed by atoms with Gasteiger partial charge in [0.1, 0.15) is 11.6 Å². The van der Waals surface area contributed by atoms with E-state index in [0.29, 0.717) is 25.3 Å². The molecule has 0 spiro atoms. The van der Waals surface area contributed by atoms with E-state index in [1.165, 1.54) is 12.1 Å². The molecule has 130 valence electrons. The lowest BCUT2D eigenvalue weighted by molar-refractivity contribution is -0.137. The van der Waals surface area contributed by atoms with Crippen molar-refractivity contribution in [3.8, 4) is 0 Å². The van der Waals surface area contributed by atoms with E-state index in [1.807, 2.05) is 11.8 Å². The molecule has 24 heavy (non-hydrogen) atoms. The smallest absolute Gasteiger partial charge is 0.369 e. The topological polar surface area (TPSA) is 48.1 Å². The van der Waals surface area contributed by atoms with Crippen LogP contribution >= 0.6 is 0 Å². The van der Waals surface area contributed by atoms with E-state index in [1.54, 1.807) is 6.07 Å². The van der Waals surface area contributed by atoms with E-state index in [2.05, 4.69) is 20.1 Å². The third-order valence-corrected chi connectivity index (χ3v) is 4.18. The SMILES string of the molecule is CCc1n[nH]c(CN2CCN(c3cccc(C(F)(F)F)c3)CC2)n1. The van der Waals surface area contributed by atoms with Crippen molar-refractivity contribution in [3.63, 3.8) is 0 Å². The van der Waals surface area contributed by atoms with Crippen molar-refractivity contribution in [2.45, 2.75) is 26.1 Å². The van der Waals surface area contributed by atoms with Crippen molar-refractivity contribution >= 4 is 5.69 Å². The van der Waals surface area contributed by atoms with E-state index >= 15 is 0 Å². The van der Waals surface area contributed by atoms with Gasteiger partial charge in [-0.3, -0.25) is 10.00 Å². The number of aryl methyl sites for hydroxylation is 1. The molecule has 1 aliphatic rings. The van der Waals surface area contributed by atoms with E-state index in [-0.39, 0.29) is 0 Å². The van der Waals surface area contributed by atoms with Crippen LogP contribution in [-0.4, -0.2) is 46.3 Å². The Morgan fingerprint density at radius 1 is 1.17 bits per heavy atom. The molecule has 1 fully saturated rings. The number of hydrogen-bond acceptors (Lipinski definition) is 4. The molecule has 1 aliphatic heterocycles. The second-order valence-corrected chi connectivity index (χ2v) is 5.86. The zero-order valence-corrected chi connectivity index (χ0v) is 13.5. The highest BCUT2D eigenvalue weighted by atomic mass is 19.4. The third kappa shape index (κ3) is 3.87. The molecule has 1 N–H and O–H groups in total. The van der Waals surface area contributed by atoms with E-state index < -0.39 is 11.7 Å². The number of piperazine rings is 1. The summed E-state index contributed by atoms with van der Waals surface area (Å²) in [4.78, 5) is 8.61. The molecule has 2 aromatic rings. The lowest BCUT2D eigenvalue weighted by Gasteiger charge is -2.35. The number of nitrogens with zero attached hydrogens (tertiary/aromatic N) is 4. The van der Waals surface area contributed by atoms with Crippen molar-refractivity contribution in [2.24, 2.45) is 0 Å².